The van der Waals surface area contributed by atoms with Gasteiger partial charge in [0.05, 0.1) is 12.2 Å². The van der Waals surface area contributed by atoms with Crippen LogP contribution >= 0.6 is 31.9 Å². The van der Waals surface area contributed by atoms with E-state index in [-0.39, 0.29) is 12.2 Å². The number of nitrogens with zero attached hydrogens (tertiary/aromatic N) is 2. The Morgan fingerprint density at radius 2 is 2.29 bits per heavy atom. The molecule has 1 aliphatic heterocycles. The molecule has 1 aliphatic rings. The Kier molecular flexibility index (Phi) is 4.44. The summed E-state index contributed by atoms with van der Waals surface area (Å²) in [6.45, 7) is 6.00. The number of aryl methyl sites for hydroxylation is 1. The zero-order valence-electron chi connectivity index (χ0n) is 9.99. The van der Waals surface area contributed by atoms with Gasteiger partial charge in [0.2, 0.25) is 0 Å². The lowest BCUT2D eigenvalue weighted by atomic mass is 10.2. The second-order valence-electron chi connectivity index (χ2n) is 4.42. The lowest BCUT2D eigenvalue weighted by molar-refractivity contribution is -0.00226. The summed E-state index contributed by atoms with van der Waals surface area (Å²) in [5.74, 6) is 1.06. The summed E-state index contributed by atoms with van der Waals surface area (Å²) in [5.41, 5.74) is 1.20. The van der Waals surface area contributed by atoms with Crippen molar-refractivity contribution in [1.82, 2.24) is 4.98 Å². The van der Waals surface area contributed by atoms with Crippen molar-refractivity contribution in [3.05, 3.63) is 22.3 Å². The first kappa shape index (κ1) is 13.3. The maximum atomic E-state index is 5.83. The van der Waals surface area contributed by atoms with Crippen molar-refractivity contribution in [2.75, 3.05) is 23.3 Å². The number of anilines is 1. The Morgan fingerprint density at radius 3 is 2.94 bits per heavy atom. The third-order valence-electron chi connectivity index (χ3n) is 2.82. The lowest BCUT2D eigenvalue weighted by Crippen LogP contribution is -2.47. The number of morpholine rings is 1. The highest BCUT2D eigenvalue weighted by molar-refractivity contribution is 9.10. The predicted octanol–water partition coefficient (Wildman–Crippen LogP) is 3.14. The molecule has 1 saturated heterocycles. The van der Waals surface area contributed by atoms with Crippen LogP contribution in [0.1, 0.15) is 12.5 Å². The largest absolute Gasteiger partial charge is 0.371 e. The molecule has 2 heterocycles. The van der Waals surface area contributed by atoms with Gasteiger partial charge in [0, 0.05) is 29.1 Å². The van der Waals surface area contributed by atoms with E-state index in [9.17, 15) is 0 Å². The molecule has 2 rings (SSSR count). The summed E-state index contributed by atoms with van der Waals surface area (Å²) in [7, 11) is 0. The molecule has 0 bridgehead atoms. The highest BCUT2D eigenvalue weighted by atomic mass is 79.9. The van der Waals surface area contributed by atoms with Crippen LogP contribution in [0.4, 0.5) is 5.82 Å². The minimum Gasteiger partial charge on any atom is -0.371 e. The van der Waals surface area contributed by atoms with Crippen molar-refractivity contribution in [3.63, 3.8) is 0 Å². The first-order valence-electron chi connectivity index (χ1n) is 5.68. The molecule has 0 N–H and O–H groups in total. The fraction of sp³-hybridized carbons (Fsp3) is 0.583. The van der Waals surface area contributed by atoms with E-state index in [4.69, 9.17) is 4.74 Å². The monoisotopic (exact) mass is 362 g/mol. The summed E-state index contributed by atoms with van der Waals surface area (Å²) < 4.78 is 6.85. The van der Waals surface area contributed by atoms with Crippen LogP contribution < -0.4 is 4.90 Å². The second kappa shape index (κ2) is 5.67. The minimum absolute atomic E-state index is 0.239. The van der Waals surface area contributed by atoms with Crippen LogP contribution in [0.15, 0.2) is 16.7 Å². The summed E-state index contributed by atoms with van der Waals surface area (Å²) in [6.07, 6.45) is 2.34. The molecule has 2 unspecified atom stereocenters. The maximum absolute atomic E-state index is 5.83. The Labute approximate surface area is 119 Å². The molecule has 1 aromatic heterocycles. The van der Waals surface area contributed by atoms with E-state index in [1.165, 1.54) is 5.56 Å². The average Bonchev–Trinajstić information content (AvgIpc) is 2.28. The number of ether oxygens (including phenoxy) is 1. The van der Waals surface area contributed by atoms with E-state index in [0.717, 1.165) is 28.7 Å². The van der Waals surface area contributed by atoms with Gasteiger partial charge in [-0.3, -0.25) is 0 Å². The number of hydrogen-bond donors (Lipinski definition) is 0. The van der Waals surface area contributed by atoms with Gasteiger partial charge in [-0.2, -0.15) is 0 Å². The molecule has 1 aromatic rings. The summed E-state index contributed by atoms with van der Waals surface area (Å²) in [6, 6.07) is 2.10. The smallest absolute Gasteiger partial charge is 0.131 e. The van der Waals surface area contributed by atoms with Crippen LogP contribution in [-0.2, 0) is 4.74 Å². The number of rotatable bonds is 2. The molecular formula is C12H16Br2N2O. The SMILES string of the molecule is Cc1cc(Br)cnc1N1CC(C)OC(CBr)C1. The van der Waals surface area contributed by atoms with Gasteiger partial charge >= 0.3 is 0 Å². The molecule has 0 amide bonds. The molecular weight excluding hydrogens is 348 g/mol. The zero-order chi connectivity index (χ0) is 12.4. The van der Waals surface area contributed by atoms with Crippen molar-refractivity contribution in [1.29, 1.82) is 0 Å². The van der Waals surface area contributed by atoms with E-state index in [0.29, 0.717) is 0 Å². The highest BCUT2D eigenvalue weighted by Gasteiger charge is 2.26. The van der Waals surface area contributed by atoms with E-state index in [1.54, 1.807) is 0 Å². The van der Waals surface area contributed by atoms with Crippen molar-refractivity contribution in [2.45, 2.75) is 26.1 Å². The normalized spacial score (nSPS) is 25.1. The van der Waals surface area contributed by atoms with E-state index in [1.807, 2.05) is 6.20 Å². The van der Waals surface area contributed by atoms with Gasteiger partial charge in [-0.25, -0.2) is 4.98 Å². The molecule has 0 spiro atoms. The van der Waals surface area contributed by atoms with Crippen LogP contribution in [0.25, 0.3) is 0 Å². The molecule has 0 saturated carbocycles. The quantitative estimate of drug-likeness (QED) is 0.755. The van der Waals surface area contributed by atoms with E-state index in [2.05, 4.69) is 61.7 Å². The van der Waals surface area contributed by atoms with Gasteiger partial charge in [0.15, 0.2) is 0 Å². The molecule has 5 heteroatoms. The molecule has 3 nitrogen and oxygen atoms in total. The maximum Gasteiger partial charge on any atom is 0.131 e. The number of halogens is 2. The first-order valence-corrected chi connectivity index (χ1v) is 7.60. The second-order valence-corrected chi connectivity index (χ2v) is 5.99. The third kappa shape index (κ3) is 3.20. The number of hydrogen-bond acceptors (Lipinski definition) is 3. The summed E-state index contributed by atoms with van der Waals surface area (Å²) >= 11 is 6.93. The van der Waals surface area contributed by atoms with Crippen molar-refractivity contribution < 1.29 is 4.74 Å². The van der Waals surface area contributed by atoms with Crippen LogP contribution in [0, 0.1) is 6.92 Å². The first-order chi connectivity index (χ1) is 8.10. The molecule has 0 aliphatic carbocycles. The van der Waals surface area contributed by atoms with Crippen molar-refractivity contribution in [3.8, 4) is 0 Å². The Balaban J connectivity index is 2.20. The minimum atomic E-state index is 0.239. The zero-order valence-corrected chi connectivity index (χ0v) is 13.2. The topological polar surface area (TPSA) is 25.4 Å². The fourth-order valence-corrected chi connectivity index (χ4v) is 2.97. The molecule has 1 fully saturated rings. The van der Waals surface area contributed by atoms with Gasteiger partial charge in [0.25, 0.3) is 0 Å². The molecule has 17 heavy (non-hydrogen) atoms. The van der Waals surface area contributed by atoms with Crippen molar-refractivity contribution in [2.24, 2.45) is 0 Å². The number of pyridine rings is 1. The third-order valence-corrected chi connectivity index (χ3v) is 3.97. The highest BCUT2D eigenvalue weighted by Crippen LogP contribution is 2.24. The molecule has 0 aromatic carbocycles. The van der Waals surface area contributed by atoms with Gasteiger partial charge < -0.3 is 9.64 Å². The van der Waals surface area contributed by atoms with E-state index < -0.39 is 0 Å². The number of alkyl halides is 1. The van der Waals surface area contributed by atoms with Crippen LogP contribution in [0.2, 0.25) is 0 Å². The van der Waals surface area contributed by atoms with Crippen LogP contribution in [-0.4, -0.2) is 35.6 Å². The summed E-state index contributed by atoms with van der Waals surface area (Å²) in [5, 5.41) is 0.864. The van der Waals surface area contributed by atoms with Crippen molar-refractivity contribution >= 4 is 37.7 Å². The molecule has 2 atom stereocenters. The molecule has 0 radical (unpaired) electrons. The van der Waals surface area contributed by atoms with E-state index >= 15 is 0 Å². The average molecular weight is 364 g/mol. The van der Waals surface area contributed by atoms with Gasteiger partial charge in [0.1, 0.15) is 5.82 Å². The standard InChI is InChI=1S/C12H16Br2N2O/c1-8-3-10(14)5-15-12(8)16-6-9(2)17-11(4-13)7-16/h3,5,9,11H,4,6-7H2,1-2H3. The Bertz CT molecular complexity index is 400. The Hall–Kier alpha value is -0.130. The predicted molar refractivity (Wildman–Crippen MR) is 77.0 cm³/mol. The van der Waals surface area contributed by atoms with Crippen LogP contribution in [0.3, 0.4) is 0 Å². The van der Waals surface area contributed by atoms with Gasteiger partial charge in [-0.15, -0.1) is 0 Å². The Morgan fingerprint density at radius 1 is 1.53 bits per heavy atom. The van der Waals surface area contributed by atoms with Crippen LogP contribution in [0.5, 0.6) is 0 Å². The molecule has 94 valence electrons. The lowest BCUT2D eigenvalue weighted by Gasteiger charge is -2.37. The number of aromatic nitrogens is 1. The van der Waals surface area contributed by atoms with Gasteiger partial charge in [-0.1, -0.05) is 15.9 Å². The fourth-order valence-electron chi connectivity index (χ4n) is 2.17. The summed E-state index contributed by atoms with van der Waals surface area (Å²) in [4.78, 5) is 6.82. The van der Waals surface area contributed by atoms with Gasteiger partial charge in [-0.05, 0) is 41.4 Å².